The van der Waals surface area contributed by atoms with Gasteiger partial charge in [0.1, 0.15) is 0 Å². The Morgan fingerprint density at radius 3 is 1.39 bits per heavy atom. The fourth-order valence-corrected chi connectivity index (χ4v) is 0.931. The van der Waals surface area contributed by atoms with Gasteiger partial charge in [-0.3, -0.25) is 19.2 Å². The molecule has 0 spiro atoms. The van der Waals surface area contributed by atoms with Gasteiger partial charge >= 0.3 is 27.3 Å². The molecule has 0 aliphatic rings. The van der Waals surface area contributed by atoms with Crippen molar-refractivity contribution in [3.63, 3.8) is 0 Å². The number of aliphatic carboxylic acids is 4. The molecule has 31 heavy (non-hydrogen) atoms. The molecule has 0 aromatic heterocycles. The SMILES string of the molecule is CC(=O)O.CC(=O)O.CC(=O)O.CC(=O)O.N=C=S.NCCNCc1ccccc1.[PbH2]. The van der Waals surface area contributed by atoms with E-state index in [2.05, 4.69) is 29.7 Å². The summed E-state index contributed by atoms with van der Waals surface area (Å²) in [5, 5.41) is 40.2. The van der Waals surface area contributed by atoms with Gasteiger partial charge in [-0.05, 0) is 17.8 Å². The van der Waals surface area contributed by atoms with Gasteiger partial charge in [-0.1, -0.05) is 30.3 Å². The number of benzene rings is 1. The van der Waals surface area contributed by atoms with E-state index < -0.39 is 23.9 Å². The van der Waals surface area contributed by atoms with Gasteiger partial charge in [-0.2, -0.15) is 0 Å². The summed E-state index contributed by atoms with van der Waals surface area (Å²) in [5.41, 5.74) is 6.64. The van der Waals surface area contributed by atoms with E-state index in [1.54, 1.807) is 5.16 Å². The van der Waals surface area contributed by atoms with Crippen molar-refractivity contribution < 1.29 is 39.6 Å². The van der Waals surface area contributed by atoms with Gasteiger partial charge in [0.15, 0.2) is 0 Å². The van der Waals surface area contributed by atoms with E-state index in [0.29, 0.717) is 6.54 Å². The van der Waals surface area contributed by atoms with Crippen molar-refractivity contribution in [2.45, 2.75) is 34.2 Å². The Bertz CT molecular complexity index is 535. The first-order chi connectivity index (χ1) is 13.8. The molecular weight excluding hydrogens is 625 g/mol. The number of isothiocyanates is 1. The minimum absolute atomic E-state index is 0. The van der Waals surface area contributed by atoms with Crippen LogP contribution >= 0.6 is 12.2 Å². The van der Waals surface area contributed by atoms with Gasteiger partial charge in [0.2, 0.25) is 0 Å². The van der Waals surface area contributed by atoms with E-state index >= 15 is 0 Å². The fourth-order valence-electron chi connectivity index (χ4n) is 0.931. The molecule has 178 valence electrons. The van der Waals surface area contributed by atoms with Gasteiger partial charge in [-0.15, -0.1) is 0 Å². The van der Waals surface area contributed by atoms with Crippen LogP contribution in [0.3, 0.4) is 0 Å². The molecule has 0 fully saturated rings. The van der Waals surface area contributed by atoms with Crippen molar-refractivity contribution in [3.05, 3.63) is 35.9 Å². The molecule has 2 radical (unpaired) electrons. The maximum absolute atomic E-state index is 9.00. The molecule has 0 amide bonds. The van der Waals surface area contributed by atoms with Crippen LogP contribution in [0.15, 0.2) is 30.3 Å². The summed E-state index contributed by atoms with van der Waals surface area (Å²) in [6, 6.07) is 10.3. The third-order valence-corrected chi connectivity index (χ3v) is 1.49. The van der Waals surface area contributed by atoms with E-state index in [1.165, 1.54) is 5.56 Å². The quantitative estimate of drug-likeness (QED) is 0.104. The van der Waals surface area contributed by atoms with Crippen LogP contribution in [-0.4, -0.2) is 89.9 Å². The molecule has 13 heteroatoms. The van der Waals surface area contributed by atoms with Crippen LogP contribution in [0.5, 0.6) is 0 Å². The summed E-state index contributed by atoms with van der Waals surface area (Å²) in [6.45, 7) is 6.83. The van der Waals surface area contributed by atoms with Crippen LogP contribution in [0.2, 0.25) is 0 Å². The van der Waals surface area contributed by atoms with Crippen LogP contribution in [0.4, 0.5) is 0 Å². The predicted octanol–water partition coefficient (Wildman–Crippen LogP) is 0.850. The number of thiocarbonyl (C=S) groups is 1. The fraction of sp³-hybridized carbons (Fsp3) is 0.389. The number of hydrogen-bond donors (Lipinski definition) is 7. The zero-order chi connectivity index (χ0) is 25.0. The average Bonchev–Trinajstić information content (AvgIpc) is 2.55. The van der Waals surface area contributed by atoms with Gasteiger partial charge in [0, 0.05) is 47.3 Å². The first kappa shape index (κ1) is 42.8. The number of nitrogens with one attached hydrogen (secondary N) is 2. The van der Waals surface area contributed by atoms with E-state index in [9.17, 15) is 0 Å². The molecule has 0 heterocycles. The summed E-state index contributed by atoms with van der Waals surface area (Å²) >= 11 is 3.81. The standard InChI is InChI=1S/C9H14N2.4C2H4O2.CHNS.Pb.2H/c10-6-7-11-8-9-4-2-1-3-5-9;4*1-2(3)4;2-1-3;;;/h1-5,11H,6-8,10H2;4*1H3,(H,3,4);2H;;;. The molecule has 0 unspecified atom stereocenters. The second-order valence-corrected chi connectivity index (χ2v) is 4.83. The van der Waals surface area contributed by atoms with Crippen molar-refractivity contribution in [1.29, 1.82) is 5.41 Å². The topological polar surface area (TPSA) is 211 Å². The Morgan fingerprint density at radius 2 is 1.16 bits per heavy atom. The molecule has 0 aliphatic heterocycles. The summed E-state index contributed by atoms with van der Waals surface area (Å²) in [5.74, 6) is -3.33. The Labute approximate surface area is 207 Å². The second-order valence-electron chi connectivity index (χ2n) is 4.63. The van der Waals surface area contributed by atoms with Crippen LogP contribution in [-0.2, 0) is 25.7 Å². The first-order valence-corrected chi connectivity index (χ1v) is 8.45. The maximum atomic E-state index is 9.00. The van der Waals surface area contributed by atoms with E-state index in [1.807, 2.05) is 18.2 Å². The molecule has 0 atom stereocenters. The molecule has 1 aromatic carbocycles. The van der Waals surface area contributed by atoms with Gasteiger partial charge in [0.05, 0.1) is 5.16 Å². The third kappa shape index (κ3) is 159. The van der Waals surface area contributed by atoms with E-state index in [4.69, 9.17) is 50.7 Å². The Hall–Kier alpha value is -2.26. The second kappa shape index (κ2) is 38.4. The molecule has 0 bridgehead atoms. The Kier molecular flexibility index (Phi) is 52.9. The molecule has 8 N–H and O–H groups in total. The van der Waals surface area contributed by atoms with Crippen molar-refractivity contribution in [2.75, 3.05) is 13.1 Å². The molecule has 0 aliphatic carbocycles. The molecule has 11 nitrogen and oxygen atoms in total. The molecule has 0 saturated carbocycles. The van der Waals surface area contributed by atoms with Gasteiger partial charge < -0.3 is 31.5 Å². The zero-order valence-electron chi connectivity index (χ0n) is 18.1. The van der Waals surface area contributed by atoms with Crippen LogP contribution in [0, 0.1) is 5.41 Å². The predicted molar refractivity (Wildman–Crippen MR) is 124 cm³/mol. The first-order valence-electron chi connectivity index (χ1n) is 8.04. The number of carbonyl (C=O) groups is 4. The molecule has 1 aromatic rings. The van der Waals surface area contributed by atoms with Crippen LogP contribution in [0.1, 0.15) is 33.3 Å². The van der Waals surface area contributed by atoms with Crippen molar-refractivity contribution >= 4 is 68.6 Å². The van der Waals surface area contributed by atoms with E-state index in [-0.39, 0.29) is 27.3 Å². The number of nitrogens with two attached hydrogens (primary N) is 1. The average molecular weight is 659 g/mol. The summed E-state index contributed by atoms with van der Waals surface area (Å²) < 4.78 is 0. The summed E-state index contributed by atoms with van der Waals surface area (Å²) in [6.07, 6.45) is 0. The van der Waals surface area contributed by atoms with Gasteiger partial charge in [-0.25, -0.2) is 5.41 Å². The third-order valence-electron chi connectivity index (χ3n) is 1.49. The van der Waals surface area contributed by atoms with Crippen molar-refractivity contribution in [3.8, 4) is 0 Å². The number of carboxylic acid groups (broad SMARTS) is 4. The minimum atomic E-state index is -0.833. The number of hydrogen-bond acceptors (Lipinski definition) is 8. The number of rotatable bonds is 4. The normalized spacial score (nSPS) is 7.00. The Morgan fingerprint density at radius 1 is 0.903 bits per heavy atom. The van der Waals surface area contributed by atoms with Crippen LogP contribution in [0.25, 0.3) is 0 Å². The van der Waals surface area contributed by atoms with E-state index in [0.717, 1.165) is 40.8 Å². The number of carboxylic acids is 4. The monoisotopic (exact) mass is 659 g/mol. The molecule has 0 saturated heterocycles. The summed E-state index contributed by atoms with van der Waals surface area (Å²) in [7, 11) is 0. The summed E-state index contributed by atoms with van der Waals surface area (Å²) in [4.78, 5) is 36.0. The zero-order valence-corrected chi connectivity index (χ0v) is 24.4. The van der Waals surface area contributed by atoms with Crippen LogP contribution < -0.4 is 11.1 Å². The van der Waals surface area contributed by atoms with Crippen molar-refractivity contribution in [1.82, 2.24) is 5.32 Å². The van der Waals surface area contributed by atoms with Crippen molar-refractivity contribution in [2.24, 2.45) is 5.73 Å². The molecular formula is C18H33N3O8PbS. The molecule has 1 rings (SSSR count). The van der Waals surface area contributed by atoms with Gasteiger partial charge in [0.25, 0.3) is 23.9 Å². The Balaban J connectivity index is -0.0000000666.